The zero-order chi connectivity index (χ0) is 12.3. The molecule has 1 atom stereocenters. The van der Waals surface area contributed by atoms with Crippen molar-refractivity contribution in [2.45, 2.75) is 77.2 Å². The van der Waals surface area contributed by atoms with E-state index in [9.17, 15) is 0 Å². The van der Waals surface area contributed by atoms with Gasteiger partial charge in [0.1, 0.15) is 0 Å². The molecule has 1 fully saturated rings. The third kappa shape index (κ3) is 6.81. The Morgan fingerprint density at radius 1 is 1.06 bits per heavy atom. The molecule has 2 heteroatoms. The molecule has 0 aliphatic carbocycles. The Hall–Kier alpha value is 0.440. The van der Waals surface area contributed by atoms with E-state index in [-0.39, 0.29) is 0 Å². The smallest absolute Gasteiger partial charge is 0.00960 e. The lowest BCUT2D eigenvalue weighted by Gasteiger charge is -2.24. The van der Waals surface area contributed by atoms with Crippen LogP contribution in [0.25, 0.3) is 0 Å². The lowest BCUT2D eigenvalue weighted by Crippen LogP contribution is -2.30. The van der Waals surface area contributed by atoms with Gasteiger partial charge in [-0.15, -0.1) is 0 Å². The summed E-state index contributed by atoms with van der Waals surface area (Å²) in [4.78, 5) is 2.75. The summed E-state index contributed by atoms with van der Waals surface area (Å²) in [5.74, 6) is 0. The number of rotatable bonds is 10. The molecule has 0 aromatic carbocycles. The normalized spacial score (nSPS) is 21.2. The molecule has 1 aliphatic rings. The van der Waals surface area contributed by atoms with E-state index in [2.05, 4.69) is 27.8 Å². The van der Waals surface area contributed by atoms with Gasteiger partial charge in [-0.05, 0) is 45.2 Å². The van der Waals surface area contributed by atoms with Gasteiger partial charge in [0, 0.05) is 11.4 Å². The van der Waals surface area contributed by atoms with Crippen molar-refractivity contribution in [1.29, 1.82) is 0 Å². The second kappa shape index (κ2) is 10.4. The highest BCUT2D eigenvalue weighted by Crippen LogP contribution is 2.22. The maximum absolute atomic E-state index is 3.55. The van der Waals surface area contributed by atoms with E-state index in [4.69, 9.17) is 0 Å². The van der Waals surface area contributed by atoms with Gasteiger partial charge >= 0.3 is 0 Å². The van der Waals surface area contributed by atoms with Crippen LogP contribution >= 0.6 is 15.9 Å². The first-order chi connectivity index (χ1) is 8.38. The van der Waals surface area contributed by atoms with Crippen molar-refractivity contribution < 1.29 is 0 Å². The highest BCUT2D eigenvalue weighted by Gasteiger charge is 2.22. The van der Waals surface area contributed by atoms with E-state index in [1.54, 1.807) is 0 Å². The molecule has 1 heterocycles. The molecule has 1 unspecified atom stereocenters. The first-order valence-corrected chi connectivity index (χ1v) is 8.80. The standard InChI is InChI=1S/C15H30BrN/c1-2-3-4-5-6-7-13-17-14-9-11-15(17)10-8-12-16/h15H,2-14H2,1H3. The van der Waals surface area contributed by atoms with Gasteiger partial charge in [0.15, 0.2) is 0 Å². The molecule has 1 rings (SSSR count). The number of alkyl halides is 1. The highest BCUT2D eigenvalue weighted by atomic mass is 79.9. The molecule has 0 bridgehead atoms. The minimum absolute atomic E-state index is 0.906. The van der Waals surface area contributed by atoms with Gasteiger partial charge in [-0.3, -0.25) is 0 Å². The average molecular weight is 304 g/mol. The van der Waals surface area contributed by atoms with Gasteiger partial charge in [0.25, 0.3) is 0 Å². The molecule has 1 saturated heterocycles. The van der Waals surface area contributed by atoms with Crippen molar-refractivity contribution in [1.82, 2.24) is 4.90 Å². The van der Waals surface area contributed by atoms with Crippen molar-refractivity contribution in [3.63, 3.8) is 0 Å². The number of likely N-dealkylation sites (tertiary alicyclic amines) is 1. The van der Waals surface area contributed by atoms with Crippen molar-refractivity contribution in [2.75, 3.05) is 18.4 Å². The van der Waals surface area contributed by atoms with Gasteiger partial charge in [-0.1, -0.05) is 55.0 Å². The third-order valence-corrected chi connectivity index (χ3v) is 4.53. The second-order valence-corrected chi connectivity index (χ2v) is 6.22. The van der Waals surface area contributed by atoms with Crippen LogP contribution in [0.4, 0.5) is 0 Å². The zero-order valence-corrected chi connectivity index (χ0v) is 13.2. The Kier molecular flexibility index (Phi) is 9.45. The largest absolute Gasteiger partial charge is 0.300 e. The highest BCUT2D eigenvalue weighted by molar-refractivity contribution is 9.09. The number of hydrogen-bond donors (Lipinski definition) is 0. The summed E-state index contributed by atoms with van der Waals surface area (Å²) in [5, 5.41) is 1.17. The monoisotopic (exact) mass is 303 g/mol. The van der Waals surface area contributed by atoms with Crippen molar-refractivity contribution >= 4 is 15.9 Å². The Morgan fingerprint density at radius 3 is 2.59 bits per heavy atom. The Morgan fingerprint density at radius 2 is 1.82 bits per heavy atom. The van der Waals surface area contributed by atoms with Crippen molar-refractivity contribution in [2.24, 2.45) is 0 Å². The Labute approximate surface area is 116 Å². The molecule has 0 N–H and O–H groups in total. The third-order valence-electron chi connectivity index (χ3n) is 3.97. The predicted molar refractivity (Wildman–Crippen MR) is 81.0 cm³/mol. The molecule has 0 saturated carbocycles. The Bertz CT molecular complexity index is 172. The minimum Gasteiger partial charge on any atom is -0.300 e. The summed E-state index contributed by atoms with van der Waals surface area (Å²) >= 11 is 3.55. The van der Waals surface area contributed by atoms with Gasteiger partial charge < -0.3 is 4.90 Å². The number of nitrogens with zero attached hydrogens (tertiary/aromatic N) is 1. The van der Waals surface area contributed by atoms with Crippen LogP contribution in [0.3, 0.4) is 0 Å². The quantitative estimate of drug-likeness (QED) is 0.406. The maximum Gasteiger partial charge on any atom is 0.00960 e. The van der Waals surface area contributed by atoms with E-state index in [1.807, 2.05) is 0 Å². The van der Waals surface area contributed by atoms with E-state index in [0.29, 0.717) is 0 Å². The molecule has 0 aromatic heterocycles. The molecule has 17 heavy (non-hydrogen) atoms. The molecule has 0 aromatic rings. The summed E-state index contributed by atoms with van der Waals surface area (Å²) < 4.78 is 0. The first-order valence-electron chi connectivity index (χ1n) is 7.68. The second-order valence-electron chi connectivity index (χ2n) is 5.43. The maximum atomic E-state index is 3.55. The van der Waals surface area contributed by atoms with Crippen LogP contribution in [0.2, 0.25) is 0 Å². The van der Waals surface area contributed by atoms with Gasteiger partial charge in [0.05, 0.1) is 0 Å². The average Bonchev–Trinajstić information content (AvgIpc) is 2.78. The minimum atomic E-state index is 0.906. The van der Waals surface area contributed by atoms with Crippen LogP contribution in [0.15, 0.2) is 0 Å². The van der Waals surface area contributed by atoms with E-state index >= 15 is 0 Å². The summed E-state index contributed by atoms with van der Waals surface area (Å²) in [6, 6.07) is 0.906. The van der Waals surface area contributed by atoms with Gasteiger partial charge in [-0.2, -0.15) is 0 Å². The van der Waals surface area contributed by atoms with E-state index < -0.39 is 0 Å². The molecule has 0 radical (unpaired) electrons. The zero-order valence-electron chi connectivity index (χ0n) is 11.6. The van der Waals surface area contributed by atoms with Crippen LogP contribution in [0, 0.1) is 0 Å². The lowest BCUT2D eigenvalue weighted by molar-refractivity contribution is 0.237. The van der Waals surface area contributed by atoms with E-state index in [0.717, 1.165) is 6.04 Å². The van der Waals surface area contributed by atoms with Gasteiger partial charge in [0.2, 0.25) is 0 Å². The molecular formula is C15H30BrN. The van der Waals surface area contributed by atoms with Gasteiger partial charge in [-0.25, -0.2) is 0 Å². The van der Waals surface area contributed by atoms with Crippen LogP contribution in [0.5, 0.6) is 0 Å². The fourth-order valence-electron chi connectivity index (χ4n) is 2.92. The summed E-state index contributed by atoms with van der Waals surface area (Å²) in [7, 11) is 0. The number of halogens is 1. The first kappa shape index (κ1) is 15.5. The van der Waals surface area contributed by atoms with Crippen LogP contribution < -0.4 is 0 Å². The predicted octanol–water partition coefficient (Wildman–Crippen LogP) is 4.99. The fraction of sp³-hybridized carbons (Fsp3) is 1.00. The van der Waals surface area contributed by atoms with Crippen molar-refractivity contribution in [3.8, 4) is 0 Å². The molecule has 0 spiro atoms. The topological polar surface area (TPSA) is 3.24 Å². The van der Waals surface area contributed by atoms with Crippen LogP contribution in [-0.4, -0.2) is 29.4 Å². The van der Waals surface area contributed by atoms with Crippen LogP contribution in [0.1, 0.15) is 71.1 Å². The summed E-state index contributed by atoms with van der Waals surface area (Å²) in [5.41, 5.74) is 0. The van der Waals surface area contributed by atoms with E-state index in [1.165, 1.54) is 82.6 Å². The number of unbranched alkanes of at least 4 members (excludes halogenated alkanes) is 5. The Balaban J connectivity index is 2.00. The number of hydrogen-bond acceptors (Lipinski definition) is 1. The lowest BCUT2D eigenvalue weighted by atomic mass is 10.1. The SMILES string of the molecule is CCCCCCCCN1CCCC1CCCBr. The molecule has 1 nitrogen and oxygen atoms in total. The fourth-order valence-corrected chi connectivity index (χ4v) is 3.25. The molecule has 0 amide bonds. The summed E-state index contributed by atoms with van der Waals surface area (Å²) in [6.07, 6.45) is 14.2. The summed E-state index contributed by atoms with van der Waals surface area (Å²) in [6.45, 7) is 5.01. The van der Waals surface area contributed by atoms with Crippen molar-refractivity contribution in [3.05, 3.63) is 0 Å². The van der Waals surface area contributed by atoms with Crippen LogP contribution in [-0.2, 0) is 0 Å². The molecule has 102 valence electrons. The molecular weight excluding hydrogens is 274 g/mol. The molecule has 1 aliphatic heterocycles.